The van der Waals surface area contributed by atoms with Crippen LogP contribution in [0.15, 0.2) is 47.4 Å². The van der Waals surface area contributed by atoms with Crippen molar-refractivity contribution < 1.29 is 22.7 Å². The van der Waals surface area contributed by atoms with E-state index in [2.05, 4.69) is 10.6 Å². The minimum atomic E-state index is -3.69. The van der Waals surface area contributed by atoms with E-state index in [4.69, 9.17) is 15.9 Å². The molecule has 1 heterocycles. The average Bonchev–Trinajstić information content (AvgIpc) is 2.71. The van der Waals surface area contributed by atoms with Gasteiger partial charge in [0.15, 0.2) is 11.5 Å². The topological polar surface area (TPSA) is 84.9 Å². The lowest BCUT2D eigenvalue weighted by molar-refractivity contribution is 0.0784. The molecular formula is C20H20N2O5S. The molecule has 1 aliphatic heterocycles. The van der Waals surface area contributed by atoms with E-state index in [-0.39, 0.29) is 17.3 Å². The Kier molecular flexibility index (Phi) is 5.87. The molecule has 0 saturated heterocycles. The first-order valence-electron chi connectivity index (χ1n) is 8.58. The molecule has 0 unspecified atom stereocenters. The quantitative estimate of drug-likeness (QED) is 0.746. The number of nitrogens with one attached hydrogen (secondary N) is 1. The summed E-state index contributed by atoms with van der Waals surface area (Å²) >= 11 is 0. The number of nitrogens with zero attached hydrogens (tertiary/aromatic N) is 1. The molecule has 0 saturated carbocycles. The number of benzene rings is 2. The van der Waals surface area contributed by atoms with Crippen LogP contribution in [0.25, 0.3) is 0 Å². The molecule has 0 aromatic heterocycles. The maximum Gasteiger partial charge on any atom is 0.253 e. The lowest BCUT2D eigenvalue weighted by Gasteiger charge is -2.21. The van der Waals surface area contributed by atoms with Gasteiger partial charge in [-0.2, -0.15) is 4.72 Å². The van der Waals surface area contributed by atoms with Gasteiger partial charge in [-0.05, 0) is 42.0 Å². The van der Waals surface area contributed by atoms with Crippen LogP contribution in [0, 0.1) is 12.3 Å². The summed E-state index contributed by atoms with van der Waals surface area (Å²) < 4.78 is 37.4. The van der Waals surface area contributed by atoms with E-state index in [1.165, 1.54) is 24.3 Å². The van der Waals surface area contributed by atoms with E-state index in [0.717, 1.165) is 5.56 Å². The maximum absolute atomic E-state index is 12.6. The van der Waals surface area contributed by atoms with Crippen molar-refractivity contribution in [1.29, 1.82) is 0 Å². The van der Waals surface area contributed by atoms with Crippen molar-refractivity contribution in [3.63, 3.8) is 0 Å². The van der Waals surface area contributed by atoms with Gasteiger partial charge in [-0.15, -0.1) is 6.42 Å². The molecule has 0 bridgehead atoms. The molecule has 0 fully saturated rings. The smallest absolute Gasteiger partial charge is 0.253 e. The Labute approximate surface area is 164 Å². The Hall–Kier alpha value is -3.02. The molecule has 0 atom stereocenters. The van der Waals surface area contributed by atoms with E-state index >= 15 is 0 Å². The number of carbonyl (C=O) groups excluding carboxylic acids is 1. The summed E-state index contributed by atoms with van der Waals surface area (Å²) in [7, 11) is -2.01. The monoisotopic (exact) mass is 400 g/mol. The highest BCUT2D eigenvalue weighted by Crippen LogP contribution is 2.31. The lowest BCUT2D eigenvalue weighted by atomic mass is 10.1. The molecule has 1 amide bonds. The van der Waals surface area contributed by atoms with Crippen LogP contribution in [0.2, 0.25) is 0 Å². The Balaban J connectivity index is 1.69. The first-order valence-corrected chi connectivity index (χ1v) is 10.1. The van der Waals surface area contributed by atoms with Gasteiger partial charge in [0.25, 0.3) is 5.91 Å². The van der Waals surface area contributed by atoms with Crippen LogP contribution in [0.3, 0.4) is 0 Å². The van der Waals surface area contributed by atoms with Crippen LogP contribution in [-0.2, 0) is 16.6 Å². The zero-order chi connectivity index (χ0) is 20.1. The largest absolute Gasteiger partial charge is 0.486 e. The van der Waals surface area contributed by atoms with Gasteiger partial charge < -0.3 is 14.4 Å². The number of amides is 1. The van der Waals surface area contributed by atoms with Gasteiger partial charge in [0, 0.05) is 19.2 Å². The Morgan fingerprint density at radius 3 is 2.50 bits per heavy atom. The number of hydrogen-bond acceptors (Lipinski definition) is 5. The summed E-state index contributed by atoms with van der Waals surface area (Å²) in [5, 5.41) is 0. The minimum absolute atomic E-state index is 0.0498. The van der Waals surface area contributed by atoms with Crippen molar-refractivity contribution >= 4 is 15.9 Å². The van der Waals surface area contributed by atoms with E-state index in [0.29, 0.717) is 36.8 Å². The molecule has 2 aromatic rings. The van der Waals surface area contributed by atoms with Crippen molar-refractivity contribution in [2.75, 3.05) is 26.8 Å². The second kappa shape index (κ2) is 8.33. The third-order valence-electron chi connectivity index (χ3n) is 4.15. The van der Waals surface area contributed by atoms with Crippen LogP contribution in [0.1, 0.15) is 15.9 Å². The van der Waals surface area contributed by atoms with Crippen LogP contribution in [-0.4, -0.2) is 46.0 Å². The van der Waals surface area contributed by atoms with Gasteiger partial charge in [0.05, 0.1) is 11.4 Å². The number of carbonyl (C=O) groups is 1. The van der Waals surface area contributed by atoms with Gasteiger partial charge >= 0.3 is 0 Å². The fourth-order valence-corrected chi connectivity index (χ4v) is 3.68. The van der Waals surface area contributed by atoms with E-state index in [9.17, 15) is 13.2 Å². The molecule has 1 N–H and O–H groups in total. The van der Waals surface area contributed by atoms with Gasteiger partial charge in [-0.3, -0.25) is 4.79 Å². The van der Waals surface area contributed by atoms with Crippen LogP contribution < -0.4 is 14.2 Å². The molecule has 28 heavy (non-hydrogen) atoms. The summed E-state index contributed by atoms with van der Waals surface area (Å²) in [6.07, 6.45) is 5.07. The van der Waals surface area contributed by atoms with Crippen molar-refractivity contribution in [3.05, 3.63) is 53.6 Å². The van der Waals surface area contributed by atoms with Crippen molar-refractivity contribution in [2.24, 2.45) is 0 Å². The molecular weight excluding hydrogens is 380 g/mol. The summed E-state index contributed by atoms with van der Waals surface area (Å²) in [4.78, 5) is 14.2. The molecule has 8 heteroatoms. The van der Waals surface area contributed by atoms with Crippen LogP contribution in [0.5, 0.6) is 11.5 Å². The molecule has 0 aliphatic carbocycles. The Morgan fingerprint density at radius 1 is 1.14 bits per heavy atom. The van der Waals surface area contributed by atoms with Gasteiger partial charge in [-0.1, -0.05) is 12.0 Å². The molecule has 2 aromatic carbocycles. The van der Waals surface area contributed by atoms with Crippen molar-refractivity contribution in [2.45, 2.75) is 11.4 Å². The Bertz CT molecular complexity index is 1010. The highest BCUT2D eigenvalue weighted by atomic mass is 32.2. The Morgan fingerprint density at radius 2 is 1.82 bits per heavy atom. The highest BCUT2D eigenvalue weighted by Gasteiger charge is 2.17. The second-order valence-electron chi connectivity index (χ2n) is 6.19. The molecule has 7 nitrogen and oxygen atoms in total. The first-order chi connectivity index (χ1) is 13.4. The fraction of sp³-hybridized carbons (Fsp3) is 0.250. The summed E-state index contributed by atoms with van der Waals surface area (Å²) in [5.74, 6) is 3.35. The molecule has 146 valence electrons. The van der Waals surface area contributed by atoms with E-state index in [1.807, 2.05) is 18.2 Å². The van der Waals surface area contributed by atoms with Crippen LogP contribution in [0.4, 0.5) is 0 Å². The second-order valence-corrected chi connectivity index (χ2v) is 7.96. The molecule has 1 aliphatic rings. The van der Waals surface area contributed by atoms with Gasteiger partial charge in [-0.25, -0.2) is 8.42 Å². The van der Waals surface area contributed by atoms with Gasteiger partial charge in [0.1, 0.15) is 13.2 Å². The predicted octanol–water partition coefficient (Wildman–Crippen LogP) is 1.64. The predicted molar refractivity (Wildman–Crippen MR) is 104 cm³/mol. The average molecular weight is 400 g/mol. The minimum Gasteiger partial charge on any atom is -0.486 e. The van der Waals surface area contributed by atoms with Crippen molar-refractivity contribution in [1.82, 2.24) is 9.62 Å². The standard InChI is InChI=1S/C20H20N2O5S/c1-3-10-21-28(24,25)17-7-5-16(6-8-17)20(23)22(2)14-15-4-9-18-19(13-15)27-12-11-26-18/h1,4-9,13,21H,10-12,14H2,2H3. The van der Waals surface area contributed by atoms with Gasteiger partial charge in [0.2, 0.25) is 10.0 Å². The number of terminal acetylenes is 1. The fourth-order valence-electron chi connectivity index (χ4n) is 2.75. The first kappa shape index (κ1) is 19.7. The zero-order valence-electron chi connectivity index (χ0n) is 15.3. The van der Waals surface area contributed by atoms with Crippen LogP contribution >= 0.6 is 0 Å². The highest BCUT2D eigenvalue weighted by molar-refractivity contribution is 7.89. The van der Waals surface area contributed by atoms with E-state index in [1.54, 1.807) is 11.9 Å². The third kappa shape index (κ3) is 4.44. The summed E-state index contributed by atoms with van der Waals surface area (Å²) in [6.45, 7) is 1.30. The van der Waals surface area contributed by atoms with E-state index < -0.39 is 10.0 Å². The number of sulfonamides is 1. The molecule has 0 radical (unpaired) electrons. The lowest BCUT2D eigenvalue weighted by Crippen LogP contribution is -2.27. The molecule has 3 rings (SSSR count). The third-order valence-corrected chi connectivity index (χ3v) is 5.57. The summed E-state index contributed by atoms with van der Waals surface area (Å²) in [6, 6.07) is 11.3. The molecule has 0 spiro atoms. The zero-order valence-corrected chi connectivity index (χ0v) is 16.2. The SMILES string of the molecule is C#CCNS(=O)(=O)c1ccc(C(=O)N(C)Cc2ccc3c(c2)OCCO3)cc1. The number of fused-ring (bicyclic) bond motifs is 1. The number of hydrogen-bond donors (Lipinski definition) is 1. The van der Waals surface area contributed by atoms with Crippen molar-refractivity contribution in [3.8, 4) is 23.8 Å². The normalized spacial score (nSPS) is 12.9. The summed E-state index contributed by atoms with van der Waals surface area (Å²) in [5.41, 5.74) is 1.29. The maximum atomic E-state index is 12.6. The number of ether oxygens (including phenoxy) is 2. The number of rotatable bonds is 6.